The molecule has 0 spiro atoms. The monoisotopic (exact) mass is 258 g/mol. The van der Waals surface area contributed by atoms with Gasteiger partial charge < -0.3 is 5.11 Å². The fourth-order valence-electron chi connectivity index (χ4n) is 1.17. The maximum absolute atomic E-state index is 13.1. The summed E-state index contributed by atoms with van der Waals surface area (Å²) in [4.78, 5) is 10.7. The number of benzene rings is 1. The Kier molecular flexibility index (Phi) is 1.99. The molecular formula is C8H4BrFN2O2. The molecule has 2 aromatic rings. The van der Waals surface area contributed by atoms with Crippen molar-refractivity contribution in [2.45, 2.75) is 0 Å². The lowest BCUT2D eigenvalue weighted by Crippen LogP contribution is -1.96. The Morgan fingerprint density at radius 1 is 1.57 bits per heavy atom. The number of aromatic nitrogens is 2. The topological polar surface area (TPSA) is 66.0 Å². The summed E-state index contributed by atoms with van der Waals surface area (Å²) in [7, 11) is 0. The zero-order valence-corrected chi connectivity index (χ0v) is 8.30. The minimum absolute atomic E-state index is 0.175. The average Bonchev–Trinajstić information content (AvgIpc) is 2.48. The highest BCUT2D eigenvalue weighted by Crippen LogP contribution is 2.23. The molecule has 72 valence electrons. The van der Waals surface area contributed by atoms with Crippen LogP contribution in [0.4, 0.5) is 4.39 Å². The molecule has 0 amide bonds. The molecule has 1 heterocycles. The van der Waals surface area contributed by atoms with Crippen LogP contribution in [0.5, 0.6) is 0 Å². The molecule has 0 aliphatic rings. The number of hydrogen-bond donors (Lipinski definition) is 2. The molecule has 0 radical (unpaired) electrons. The molecule has 0 unspecified atom stereocenters. The van der Waals surface area contributed by atoms with Crippen molar-refractivity contribution in [3.05, 3.63) is 28.1 Å². The second kappa shape index (κ2) is 3.06. The van der Waals surface area contributed by atoms with Gasteiger partial charge in [-0.15, -0.1) is 0 Å². The van der Waals surface area contributed by atoms with Crippen LogP contribution in [-0.4, -0.2) is 21.3 Å². The van der Waals surface area contributed by atoms with Crippen LogP contribution >= 0.6 is 15.9 Å². The molecule has 0 saturated heterocycles. The van der Waals surface area contributed by atoms with Crippen molar-refractivity contribution in [3.8, 4) is 0 Å². The van der Waals surface area contributed by atoms with Crippen molar-refractivity contribution in [2.75, 3.05) is 0 Å². The third-order valence-electron chi connectivity index (χ3n) is 1.81. The number of hydrogen-bond acceptors (Lipinski definition) is 2. The van der Waals surface area contributed by atoms with Crippen LogP contribution in [0.15, 0.2) is 16.6 Å². The van der Waals surface area contributed by atoms with Crippen molar-refractivity contribution in [1.82, 2.24) is 10.2 Å². The molecule has 0 bridgehead atoms. The highest BCUT2D eigenvalue weighted by Gasteiger charge is 2.14. The molecule has 0 atom stereocenters. The predicted molar refractivity (Wildman–Crippen MR) is 50.7 cm³/mol. The number of fused-ring (bicyclic) bond motifs is 1. The van der Waals surface area contributed by atoms with Crippen LogP contribution in [0.3, 0.4) is 0 Å². The fourth-order valence-corrected chi connectivity index (χ4v) is 1.52. The number of nitrogens with one attached hydrogen (secondary N) is 1. The Morgan fingerprint density at radius 2 is 2.29 bits per heavy atom. The second-order valence-electron chi connectivity index (χ2n) is 2.69. The number of carbonyl (C=O) groups is 1. The number of aromatic amines is 1. The predicted octanol–water partition coefficient (Wildman–Crippen LogP) is 2.16. The van der Waals surface area contributed by atoms with Gasteiger partial charge in [0.1, 0.15) is 5.82 Å². The highest BCUT2D eigenvalue weighted by atomic mass is 79.9. The van der Waals surface area contributed by atoms with Gasteiger partial charge in [0.05, 0.1) is 9.99 Å². The number of aromatic carboxylic acids is 1. The summed E-state index contributed by atoms with van der Waals surface area (Å²) >= 11 is 2.99. The molecular weight excluding hydrogens is 255 g/mol. The molecule has 0 aliphatic carbocycles. The zero-order chi connectivity index (χ0) is 10.3. The average molecular weight is 259 g/mol. The maximum atomic E-state index is 13.1. The van der Waals surface area contributed by atoms with Crippen LogP contribution in [0, 0.1) is 5.82 Å². The standard InChI is InChI=1S/C8H4BrFN2O2/c9-4-2-6-3(1-5(4)10)7(8(13)14)12-11-6/h1-2H,(H,11,12)(H,13,14). The van der Waals surface area contributed by atoms with Gasteiger partial charge in [0.15, 0.2) is 5.69 Å². The summed E-state index contributed by atoms with van der Waals surface area (Å²) in [5.41, 5.74) is 0.307. The van der Waals surface area contributed by atoms with Crippen LogP contribution < -0.4 is 0 Å². The van der Waals surface area contributed by atoms with Crippen molar-refractivity contribution in [3.63, 3.8) is 0 Å². The summed E-state index contributed by atoms with van der Waals surface area (Å²) < 4.78 is 13.4. The Morgan fingerprint density at radius 3 is 2.93 bits per heavy atom. The molecule has 4 nitrogen and oxygen atoms in total. The van der Waals surface area contributed by atoms with E-state index in [0.29, 0.717) is 5.52 Å². The molecule has 14 heavy (non-hydrogen) atoms. The number of nitrogens with zero attached hydrogens (tertiary/aromatic N) is 1. The van der Waals surface area contributed by atoms with E-state index in [0.717, 1.165) is 6.07 Å². The first kappa shape index (κ1) is 9.14. The minimum atomic E-state index is -1.18. The molecule has 2 rings (SSSR count). The normalized spacial score (nSPS) is 10.7. The van der Waals surface area contributed by atoms with Gasteiger partial charge in [-0.1, -0.05) is 0 Å². The van der Waals surface area contributed by atoms with Crippen molar-refractivity contribution in [1.29, 1.82) is 0 Å². The first-order chi connectivity index (χ1) is 6.59. The summed E-state index contributed by atoms with van der Waals surface area (Å²) in [5.74, 6) is -1.70. The Labute approximate surface area is 85.9 Å². The zero-order valence-electron chi connectivity index (χ0n) is 6.71. The molecule has 0 saturated carbocycles. The van der Waals surface area contributed by atoms with Gasteiger partial charge in [-0.25, -0.2) is 9.18 Å². The minimum Gasteiger partial charge on any atom is -0.476 e. The van der Waals surface area contributed by atoms with E-state index in [-0.39, 0.29) is 15.6 Å². The lowest BCUT2D eigenvalue weighted by molar-refractivity contribution is 0.0692. The smallest absolute Gasteiger partial charge is 0.357 e. The van der Waals surface area contributed by atoms with Gasteiger partial charge >= 0.3 is 5.97 Å². The quantitative estimate of drug-likeness (QED) is 0.824. The fraction of sp³-hybridized carbons (Fsp3) is 0. The Hall–Kier alpha value is -1.43. The van der Waals surface area contributed by atoms with Crippen LogP contribution in [0.1, 0.15) is 10.5 Å². The van der Waals surface area contributed by atoms with E-state index in [4.69, 9.17) is 5.11 Å². The van der Waals surface area contributed by atoms with Gasteiger partial charge in [0.2, 0.25) is 0 Å². The first-order valence-electron chi connectivity index (χ1n) is 3.66. The Bertz CT molecular complexity index is 523. The van der Waals surface area contributed by atoms with Gasteiger partial charge in [-0.2, -0.15) is 5.10 Å². The lowest BCUT2D eigenvalue weighted by atomic mass is 10.2. The number of carboxylic acids is 1. The van der Waals surface area contributed by atoms with E-state index in [2.05, 4.69) is 26.1 Å². The third-order valence-corrected chi connectivity index (χ3v) is 2.41. The molecule has 1 aromatic carbocycles. The van der Waals surface area contributed by atoms with Crippen molar-refractivity contribution < 1.29 is 14.3 Å². The number of halogens is 2. The van der Waals surface area contributed by atoms with Crippen molar-refractivity contribution >= 4 is 32.8 Å². The molecule has 1 aromatic heterocycles. The first-order valence-corrected chi connectivity index (χ1v) is 4.45. The number of rotatable bonds is 1. The third kappa shape index (κ3) is 1.27. The van der Waals surface area contributed by atoms with Crippen LogP contribution in [0.2, 0.25) is 0 Å². The van der Waals surface area contributed by atoms with E-state index < -0.39 is 11.8 Å². The van der Waals surface area contributed by atoms with Gasteiger partial charge in [-0.3, -0.25) is 5.10 Å². The van der Waals surface area contributed by atoms with E-state index in [1.807, 2.05) is 0 Å². The van der Waals surface area contributed by atoms with Gasteiger partial charge in [0, 0.05) is 5.39 Å². The number of carboxylic acid groups (broad SMARTS) is 1. The van der Waals surface area contributed by atoms with E-state index in [9.17, 15) is 9.18 Å². The maximum Gasteiger partial charge on any atom is 0.357 e. The Balaban J connectivity index is 2.80. The summed E-state index contributed by atoms with van der Waals surface area (Å²) in [6.07, 6.45) is 0. The highest BCUT2D eigenvalue weighted by molar-refractivity contribution is 9.10. The number of H-pyrrole nitrogens is 1. The van der Waals surface area contributed by atoms with E-state index in [1.54, 1.807) is 0 Å². The van der Waals surface area contributed by atoms with E-state index >= 15 is 0 Å². The molecule has 2 N–H and O–H groups in total. The van der Waals surface area contributed by atoms with Crippen molar-refractivity contribution in [2.24, 2.45) is 0 Å². The molecule has 6 heteroatoms. The summed E-state index contributed by atoms with van der Waals surface area (Å²) in [5, 5.41) is 15.1. The second-order valence-corrected chi connectivity index (χ2v) is 3.54. The van der Waals surface area contributed by atoms with E-state index in [1.165, 1.54) is 6.07 Å². The lowest BCUT2D eigenvalue weighted by Gasteiger charge is -1.94. The SMILES string of the molecule is O=C(O)c1n[nH]c2cc(Br)c(F)cc12. The van der Waals surface area contributed by atoms with Gasteiger partial charge in [-0.05, 0) is 28.1 Å². The largest absolute Gasteiger partial charge is 0.476 e. The molecule has 0 aliphatic heterocycles. The van der Waals surface area contributed by atoms with Gasteiger partial charge in [0.25, 0.3) is 0 Å². The van der Waals surface area contributed by atoms with Crippen LogP contribution in [0.25, 0.3) is 10.9 Å². The molecule has 0 fully saturated rings. The van der Waals surface area contributed by atoms with Crippen LogP contribution in [-0.2, 0) is 0 Å². The summed E-state index contributed by atoms with van der Waals surface area (Å²) in [6.45, 7) is 0. The summed E-state index contributed by atoms with van der Waals surface area (Å²) in [6, 6.07) is 2.58.